The van der Waals surface area contributed by atoms with E-state index in [0.717, 1.165) is 65.8 Å². The summed E-state index contributed by atoms with van der Waals surface area (Å²) in [7, 11) is 1.97. The second-order valence-electron chi connectivity index (χ2n) is 13.1. The van der Waals surface area contributed by atoms with Gasteiger partial charge in [-0.25, -0.2) is 9.78 Å². The fourth-order valence-corrected chi connectivity index (χ4v) is 6.87. The van der Waals surface area contributed by atoms with Crippen molar-refractivity contribution < 1.29 is 69.4 Å². The Morgan fingerprint density at radius 2 is 1.52 bits per heavy atom. The predicted molar refractivity (Wildman–Crippen MR) is 207 cm³/mol. The highest BCUT2D eigenvalue weighted by molar-refractivity contribution is 8.15. The lowest BCUT2D eigenvalue weighted by Gasteiger charge is -2.34. The number of aromatic nitrogens is 1. The van der Waals surface area contributed by atoms with Crippen LogP contribution in [0.1, 0.15) is 33.2 Å². The van der Waals surface area contributed by atoms with Gasteiger partial charge < -0.3 is 60.0 Å². The number of likely N-dealkylation sites (N-methyl/N-ethyl adjacent to an activating group) is 1. The van der Waals surface area contributed by atoms with Crippen LogP contribution >= 0.6 is 11.8 Å². The number of anilines is 1. The van der Waals surface area contributed by atoms with E-state index in [1.165, 1.54) is 6.07 Å². The zero-order valence-corrected chi connectivity index (χ0v) is 31.3. The maximum atomic E-state index is 12.7. The average molecular weight is 816 g/mol. The van der Waals surface area contributed by atoms with E-state index in [9.17, 15) is 55.2 Å². The molecule has 18 heteroatoms. The molecule has 1 aromatic heterocycles. The van der Waals surface area contributed by atoms with E-state index in [2.05, 4.69) is 10.3 Å². The molecule has 1 saturated heterocycles. The fraction of sp³-hybridized carbons (Fsp3) is 0.200. The van der Waals surface area contributed by atoms with Gasteiger partial charge in [-0.05, 0) is 60.5 Å². The molecule has 58 heavy (non-hydrogen) atoms. The molecule has 4 aromatic carbocycles. The molecule has 0 aliphatic carbocycles. The Balaban J connectivity index is 0.000000203. The van der Waals surface area contributed by atoms with Crippen molar-refractivity contribution in [2.45, 2.75) is 30.3 Å². The largest absolute Gasteiger partial charge is 0.508 e. The number of phenolic OH excluding ortho intramolecular Hbond substituents is 8. The molecule has 3 atom stereocenters. The van der Waals surface area contributed by atoms with Crippen molar-refractivity contribution in [1.82, 2.24) is 10.3 Å². The van der Waals surface area contributed by atoms with Crippen LogP contribution in [0.3, 0.4) is 0 Å². The molecule has 0 radical (unpaired) electrons. The molecule has 0 saturated carbocycles. The third-order valence-corrected chi connectivity index (χ3v) is 9.98. The highest BCUT2D eigenvalue weighted by Gasteiger charge is 2.37. The molecule has 9 N–H and O–H groups in total. The van der Waals surface area contributed by atoms with E-state index in [1.807, 2.05) is 54.4 Å². The Kier molecular flexibility index (Phi) is 12.1. The van der Waals surface area contributed by atoms with Gasteiger partial charge in [0.1, 0.15) is 41.5 Å². The SMILES string of the molecule is CN(CCOc1ccc(CC2SC(=O)NC2=O)cc1)c1ccccn1.O=C(O[C@@H]1Cc2c(O)cc(O)cc2O[C@@H]1c1cc(O)c(O)c(O)c1)c1cc(O)c(O)c(O)c1. The molecule has 302 valence electrons. The number of hydrogen-bond acceptors (Lipinski definition) is 17. The number of aromatic hydroxyl groups is 8. The van der Waals surface area contributed by atoms with Crippen molar-refractivity contribution >= 4 is 34.7 Å². The summed E-state index contributed by atoms with van der Waals surface area (Å²) in [6.07, 6.45) is -0.190. The predicted octanol–water partition coefficient (Wildman–Crippen LogP) is 4.72. The van der Waals surface area contributed by atoms with Crippen LogP contribution in [-0.2, 0) is 22.4 Å². The van der Waals surface area contributed by atoms with Crippen LogP contribution in [0.15, 0.2) is 85.1 Å². The van der Waals surface area contributed by atoms with Gasteiger partial charge >= 0.3 is 5.97 Å². The van der Waals surface area contributed by atoms with Crippen LogP contribution in [-0.4, -0.2) is 94.5 Å². The lowest BCUT2D eigenvalue weighted by molar-refractivity contribution is -0.118. The number of esters is 1. The molecule has 7 rings (SSSR count). The van der Waals surface area contributed by atoms with Gasteiger partial charge in [-0.3, -0.25) is 14.9 Å². The first-order valence-electron chi connectivity index (χ1n) is 17.4. The molecule has 0 bridgehead atoms. The summed E-state index contributed by atoms with van der Waals surface area (Å²) in [5, 5.41) is 79.9. The molecular weight excluding hydrogens is 779 g/mol. The Morgan fingerprint density at radius 1 is 0.862 bits per heavy atom. The van der Waals surface area contributed by atoms with Crippen molar-refractivity contribution in [3.63, 3.8) is 0 Å². The van der Waals surface area contributed by atoms with Gasteiger partial charge in [0, 0.05) is 42.9 Å². The molecule has 3 heterocycles. The average Bonchev–Trinajstić information content (AvgIpc) is 3.51. The van der Waals surface area contributed by atoms with Crippen molar-refractivity contribution in [3.05, 3.63) is 107 Å². The maximum Gasteiger partial charge on any atom is 0.338 e. The van der Waals surface area contributed by atoms with E-state index >= 15 is 0 Å². The number of nitrogens with zero attached hydrogens (tertiary/aromatic N) is 2. The third kappa shape index (κ3) is 9.42. The number of thioether (sulfide) groups is 1. The Morgan fingerprint density at radius 3 is 2.12 bits per heavy atom. The van der Waals surface area contributed by atoms with Crippen molar-refractivity contribution in [1.29, 1.82) is 0 Å². The maximum absolute atomic E-state index is 12.7. The molecular formula is C40H37N3O14S. The van der Waals surface area contributed by atoms with Crippen molar-refractivity contribution in [2.75, 3.05) is 25.1 Å². The monoisotopic (exact) mass is 815 g/mol. The number of fused-ring (bicyclic) bond motifs is 1. The fourth-order valence-electron chi connectivity index (χ4n) is 6.01. The van der Waals surface area contributed by atoms with E-state index in [1.54, 1.807) is 6.20 Å². The number of rotatable bonds is 10. The van der Waals surface area contributed by atoms with E-state index < -0.39 is 52.7 Å². The summed E-state index contributed by atoms with van der Waals surface area (Å²) in [6, 6.07) is 19.6. The standard InChI is InChI=1S/C22H18O11.C18H19N3O3S/c23-10-5-12(24)11-7-18(33-22(31)9-3-15(27)20(30)16(28)4-9)21(32-17(11)6-10)8-1-13(25)19(29)14(26)2-8;1-21(16-4-2-3-9-19-16)10-11-24-14-7-5-13(6-8-14)12-15-17(22)20-18(23)25-15/h1-6,18,21,23-30H,7H2;2-9,15H,10-12H2,1H3,(H,20,22,23)/t18-,21-;/m1./s1. The summed E-state index contributed by atoms with van der Waals surface area (Å²) in [4.78, 5) is 41.8. The topological polar surface area (TPSA) is 269 Å². The number of carbonyl (C=O) groups is 3. The van der Waals surface area contributed by atoms with Gasteiger partial charge in [-0.15, -0.1) is 0 Å². The lowest BCUT2D eigenvalue weighted by Crippen LogP contribution is -2.34. The zero-order valence-electron chi connectivity index (χ0n) is 30.5. The number of imide groups is 1. The van der Waals surface area contributed by atoms with Crippen LogP contribution in [0, 0.1) is 0 Å². The van der Waals surface area contributed by atoms with Crippen molar-refractivity contribution in [3.8, 4) is 57.5 Å². The second-order valence-corrected chi connectivity index (χ2v) is 14.3. The Labute approximate surface area is 333 Å². The number of nitrogens with one attached hydrogen (secondary N) is 1. The zero-order chi connectivity index (χ0) is 41.7. The van der Waals surface area contributed by atoms with Crippen LogP contribution in [0.25, 0.3) is 0 Å². The van der Waals surface area contributed by atoms with Crippen LogP contribution in [0.2, 0.25) is 0 Å². The number of ether oxygens (including phenoxy) is 3. The minimum atomic E-state index is -1.18. The Bertz CT molecular complexity index is 2280. The van der Waals surface area contributed by atoms with Crippen LogP contribution in [0.5, 0.6) is 57.5 Å². The number of pyridine rings is 1. The summed E-state index contributed by atoms with van der Waals surface area (Å²) < 4.78 is 17.0. The van der Waals surface area contributed by atoms with E-state index in [-0.39, 0.29) is 56.8 Å². The highest BCUT2D eigenvalue weighted by atomic mass is 32.2. The number of phenols is 8. The Hall–Kier alpha value is -7.21. The molecule has 2 amide bonds. The molecule has 5 aromatic rings. The first-order valence-corrected chi connectivity index (χ1v) is 18.3. The minimum absolute atomic E-state index is 0.0526. The van der Waals surface area contributed by atoms with Crippen molar-refractivity contribution in [2.24, 2.45) is 0 Å². The van der Waals surface area contributed by atoms with Gasteiger partial charge in [0.15, 0.2) is 40.6 Å². The summed E-state index contributed by atoms with van der Waals surface area (Å²) >= 11 is 1.05. The number of benzene rings is 4. The van der Waals surface area contributed by atoms with Gasteiger partial charge in [-0.2, -0.15) is 0 Å². The molecule has 1 unspecified atom stereocenters. The minimum Gasteiger partial charge on any atom is -0.508 e. The van der Waals surface area contributed by atoms with Crippen LogP contribution < -0.4 is 19.7 Å². The first kappa shape index (κ1) is 40.5. The summed E-state index contributed by atoms with van der Waals surface area (Å²) in [5.74, 6) is -4.59. The first-order chi connectivity index (χ1) is 27.7. The summed E-state index contributed by atoms with van der Waals surface area (Å²) in [5.41, 5.74) is 0.981. The third-order valence-electron chi connectivity index (χ3n) is 9.00. The summed E-state index contributed by atoms with van der Waals surface area (Å²) in [6.45, 7) is 1.27. The normalized spacial score (nSPS) is 16.9. The molecule has 1 fully saturated rings. The number of hydrogen-bond donors (Lipinski definition) is 9. The van der Waals surface area contributed by atoms with Crippen LogP contribution in [0.4, 0.5) is 10.6 Å². The molecule has 0 spiro atoms. The number of carbonyl (C=O) groups excluding carboxylic acids is 3. The number of amides is 2. The lowest BCUT2D eigenvalue weighted by atomic mass is 9.93. The highest BCUT2D eigenvalue weighted by Crippen LogP contribution is 2.46. The van der Waals surface area contributed by atoms with Gasteiger partial charge in [0.25, 0.3) is 5.24 Å². The second kappa shape index (κ2) is 17.3. The van der Waals surface area contributed by atoms with Gasteiger partial charge in [0.2, 0.25) is 5.91 Å². The van der Waals surface area contributed by atoms with E-state index in [0.29, 0.717) is 13.0 Å². The quantitative estimate of drug-likeness (QED) is 0.0681. The van der Waals surface area contributed by atoms with Gasteiger partial charge in [0.05, 0.1) is 17.4 Å². The molecule has 2 aliphatic rings. The molecule has 17 nitrogen and oxygen atoms in total. The smallest absolute Gasteiger partial charge is 0.338 e. The van der Waals surface area contributed by atoms with E-state index in [4.69, 9.17) is 14.2 Å². The van der Waals surface area contributed by atoms with Gasteiger partial charge in [-0.1, -0.05) is 30.0 Å². The molecule has 2 aliphatic heterocycles.